The molecule has 106 valence electrons. The van der Waals surface area contributed by atoms with Gasteiger partial charge in [0.2, 0.25) is 0 Å². The van der Waals surface area contributed by atoms with Gasteiger partial charge in [0.15, 0.2) is 0 Å². The lowest BCUT2D eigenvalue weighted by Gasteiger charge is -2.43. The predicted octanol–water partition coefficient (Wildman–Crippen LogP) is 3.60. The van der Waals surface area contributed by atoms with Crippen molar-refractivity contribution in [2.24, 2.45) is 11.7 Å². The molecule has 0 amide bonds. The van der Waals surface area contributed by atoms with E-state index in [0.29, 0.717) is 29.1 Å². The molecule has 0 aliphatic carbocycles. The van der Waals surface area contributed by atoms with Gasteiger partial charge < -0.3 is 5.73 Å². The van der Waals surface area contributed by atoms with Crippen molar-refractivity contribution < 1.29 is 4.39 Å². The van der Waals surface area contributed by atoms with E-state index in [1.807, 2.05) is 0 Å². The molecule has 1 heterocycles. The summed E-state index contributed by atoms with van der Waals surface area (Å²) in [5.41, 5.74) is 6.46. The molecule has 0 radical (unpaired) electrons. The Morgan fingerprint density at radius 3 is 2.84 bits per heavy atom. The number of nitrogens with two attached hydrogens (primary N) is 1. The van der Waals surface area contributed by atoms with E-state index >= 15 is 0 Å². The first-order valence-electron chi connectivity index (χ1n) is 6.96. The van der Waals surface area contributed by atoms with Crippen LogP contribution in [0.4, 0.5) is 4.39 Å². The maximum Gasteiger partial charge on any atom is 0.129 e. The Balaban J connectivity index is 2.34. The van der Waals surface area contributed by atoms with Crippen LogP contribution in [-0.2, 0) is 0 Å². The second-order valence-corrected chi connectivity index (χ2v) is 5.89. The van der Waals surface area contributed by atoms with Crippen molar-refractivity contribution in [3.63, 3.8) is 0 Å². The van der Waals surface area contributed by atoms with Gasteiger partial charge in [-0.2, -0.15) is 0 Å². The number of hydrogen-bond donors (Lipinski definition) is 1. The zero-order valence-corrected chi connectivity index (χ0v) is 12.3. The number of nitrogens with zero attached hydrogens (tertiary/aromatic N) is 1. The van der Waals surface area contributed by atoms with Crippen LogP contribution in [0.1, 0.15) is 38.3 Å². The first-order valence-corrected chi connectivity index (χ1v) is 7.33. The second-order valence-electron chi connectivity index (χ2n) is 5.48. The minimum Gasteiger partial charge on any atom is -0.329 e. The van der Waals surface area contributed by atoms with Gasteiger partial charge in [-0.25, -0.2) is 4.39 Å². The highest BCUT2D eigenvalue weighted by molar-refractivity contribution is 6.31. The lowest BCUT2D eigenvalue weighted by Crippen LogP contribution is -2.46. The van der Waals surface area contributed by atoms with Gasteiger partial charge in [-0.05, 0) is 44.4 Å². The van der Waals surface area contributed by atoms with E-state index in [1.54, 1.807) is 12.1 Å². The van der Waals surface area contributed by atoms with Crippen molar-refractivity contribution in [2.75, 3.05) is 13.1 Å². The maximum atomic E-state index is 14.1. The molecule has 4 heteroatoms. The van der Waals surface area contributed by atoms with Crippen molar-refractivity contribution in [1.29, 1.82) is 0 Å². The minimum atomic E-state index is -0.256. The number of rotatable bonds is 3. The summed E-state index contributed by atoms with van der Waals surface area (Å²) < 4.78 is 14.1. The fourth-order valence-electron chi connectivity index (χ4n) is 3.06. The summed E-state index contributed by atoms with van der Waals surface area (Å²) >= 11 is 6.18. The molecule has 1 fully saturated rings. The molecule has 1 aliphatic rings. The fourth-order valence-corrected chi connectivity index (χ4v) is 3.34. The lowest BCUT2D eigenvalue weighted by molar-refractivity contribution is 0.0694. The van der Waals surface area contributed by atoms with Crippen LogP contribution in [0.2, 0.25) is 5.02 Å². The van der Waals surface area contributed by atoms with Gasteiger partial charge >= 0.3 is 0 Å². The summed E-state index contributed by atoms with van der Waals surface area (Å²) in [5.74, 6) is 0.349. The number of piperidine rings is 1. The predicted molar refractivity (Wildman–Crippen MR) is 77.8 cm³/mol. The molecule has 3 unspecified atom stereocenters. The quantitative estimate of drug-likeness (QED) is 0.919. The molecule has 0 aromatic heterocycles. The Morgan fingerprint density at radius 1 is 1.47 bits per heavy atom. The Morgan fingerprint density at radius 2 is 2.21 bits per heavy atom. The summed E-state index contributed by atoms with van der Waals surface area (Å²) in [7, 11) is 0. The monoisotopic (exact) mass is 284 g/mol. The zero-order chi connectivity index (χ0) is 14.0. The van der Waals surface area contributed by atoms with E-state index in [0.717, 1.165) is 13.0 Å². The molecule has 1 aromatic carbocycles. The highest BCUT2D eigenvalue weighted by atomic mass is 35.5. The van der Waals surface area contributed by atoms with E-state index < -0.39 is 0 Å². The van der Waals surface area contributed by atoms with Gasteiger partial charge in [0.1, 0.15) is 5.82 Å². The first-order chi connectivity index (χ1) is 9.06. The van der Waals surface area contributed by atoms with E-state index in [9.17, 15) is 4.39 Å². The molecule has 3 atom stereocenters. The number of benzene rings is 1. The Labute approximate surface area is 119 Å². The summed E-state index contributed by atoms with van der Waals surface area (Å²) in [6, 6.07) is 5.10. The largest absolute Gasteiger partial charge is 0.329 e. The summed E-state index contributed by atoms with van der Waals surface area (Å²) in [4.78, 5) is 2.30. The molecule has 1 aliphatic heterocycles. The highest BCUT2D eigenvalue weighted by Gasteiger charge is 2.32. The molecule has 0 saturated carbocycles. The summed E-state index contributed by atoms with van der Waals surface area (Å²) in [6.45, 7) is 5.78. The zero-order valence-electron chi connectivity index (χ0n) is 11.6. The first kappa shape index (κ1) is 14.8. The second kappa shape index (κ2) is 6.21. The van der Waals surface area contributed by atoms with Gasteiger partial charge in [0.25, 0.3) is 0 Å². The molecule has 2 nitrogen and oxygen atoms in total. The Kier molecular flexibility index (Phi) is 4.82. The van der Waals surface area contributed by atoms with E-state index in [-0.39, 0.29) is 11.9 Å². The average molecular weight is 285 g/mol. The normalized spacial score (nSPS) is 26.4. The van der Waals surface area contributed by atoms with Crippen molar-refractivity contribution in [3.05, 3.63) is 34.6 Å². The van der Waals surface area contributed by atoms with Crippen molar-refractivity contribution >= 4 is 11.6 Å². The third-order valence-electron chi connectivity index (χ3n) is 4.38. The lowest BCUT2D eigenvalue weighted by atomic mass is 9.89. The van der Waals surface area contributed by atoms with Gasteiger partial charge in [-0.1, -0.05) is 24.6 Å². The van der Waals surface area contributed by atoms with Gasteiger partial charge in [-0.15, -0.1) is 0 Å². The molecule has 2 rings (SSSR count). The average Bonchev–Trinajstić information content (AvgIpc) is 2.38. The number of hydrogen-bond acceptors (Lipinski definition) is 2. The molecular weight excluding hydrogens is 263 g/mol. The van der Waals surface area contributed by atoms with Gasteiger partial charge in [-0.3, -0.25) is 4.90 Å². The molecule has 2 N–H and O–H groups in total. The van der Waals surface area contributed by atoms with E-state index in [2.05, 4.69) is 18.7 Å². The van der Waals surface area contributed by atoms with Crippen LogP contribution in [0.5, 0.6) is 0 Å². The smallest absolute Gasteiger partial charge is 0.129 e. The van der Waals surface area contributed by atoms with Crippen LogP contribution in [0.3, 0.4) is 0 Å². The molecule has 19 heavy (non-hydrogen) atoms. The Bertz CT molecular complexity index is 418. The van der Waals surface area contributed by atoms with E-state index in [4.69, 9.17) is 17.3 Å². The third kappa shape index (κ3) is 2.93. The molecule has 1 saturated heterocycles. The van der Waals surface area contributed by atoms with Crippen molar-refractivity contribution in [3.8, 4) is 0 Å². The van der Waals surface area contributed by atoms with Crippen LogP contribution in [0.15, 0.2) is 18.2 Å². The summed E-state index contributed by atoms with van der Waals surface area (Å²) in [5, 5.41) is 0.473. The topological polar surface area (TPSA) is 29.3 Å². The fraction of sp³-hybridized carbons (Fsp3) is 0.600. The SMILES string of the molecule is CC1CCCN(C(CN)c2c(F)cccc2Cl)C1C. The van der Waals surface area contributed by atoms with Crippen molar-refractivity contribution in [1.82, 2.24) is 4.90 Å². The third-order valence-corrected chi connectivity index (χ3v) is 4.71. The van der Waals surface area contributed by atoms with Crippen LogP contribution < -0.4 is 5.73 Å². The number of halogens is 2. The highest BCUT2D eigenvalue weighted by Crippen LogP contribution is 2.35. The molecule has 0 bridgehead atoms. The van der Waals surface area contributed by atoms with Gasteiger partial charge in [0.05, 0.1) is 6.04 Å². The van der Waals surface area contributed by atoms with Crippen LogP contribution >= 0.6 is 11.6 Å². The number of likely N-dealkylation sites (tertiary alicyclic amines) is 1. The van der Waals surface area contributed by atoms with Crippen LogP contribution in [0.25, 0.3) is 0 Å². The minimum absolute atomic E-state index is 0.133. The standard InChI is InChI=1S/C15H22ClFN2/c1-10-5-4-8-19(11(10)2)14(9-18)15-12(16)6-3-7-13(15)17/h3,6-7,10-11,14H,4-5,8-9,18H2,1-2H3. The maximum absolute atomic E-state index is 14.1. The molecule has 1 aromatic rings. The van der Waals surface area contributed by atoms with Crippen LogP contribution in [0, 0.1) is 11.7 Å². The van der Waals surface area contributed by atoms with E-state index in [1.165, 1.54) is 12.5 Å². The van der Waals surface area contributed by atoms with Gasteiger partial charge in [0, 0.05) is 23.2 Å². The molecular formula is C15H22ClFN2. The summed E-state index contributed by atoms with van der Waals surface area (Å²) in [6.07, 6.45) is 2.36. The van der Waals surface area contributed by atoms with Crippen molar-refractivity contribution in [2.45, 2.75) is 38.8 Å². The Hall–Kier alpha value is -0.640. The molecule has 0 spiro atoms. The van der Waals surface area contributed by atoms with Crippen LogP contribution in [-0.4, -0.2) is 24.0 Å².